The van der Waals surface area contributed by atoms with E-state index in [2.05, 4.69) is 11.6 Å². The normalized spacial score (nSPS) is 13.6. The monoisotopic (exact) mass is 274 g/mol. The first-order valence-electron chi connectivity index (χ1n) is 2.68. The van der Waals surface area contributed by atoms with Crippen molar-refractivity contribution in [2.45, 2.75) is 24.2 Å². The number of hydrogen-bond donors (Lipinski definition) is 0. The summed E-state index contributed by atoms with van der Waals surface area (Å²) in [7, 11) is 0. The first-order valence-corrected chi connectivity index (χ1v) is 3.05. The van der Waals surface area contributed by atoms with Crippen molar-refractivity contribution in [2.24, 2.45) is 0 Å². The maximum Gasteiger partial charge on any atom is 0.469 e. The van der Waals surface area contributed by atoms with Crippen LogP contribution in [0.3, 0.4) is 0 Å². The molecule has 0 aromatic heterocycles. The van der Waals surface area contributed by atoms with Gasteiger partial charge in [-0.2, -0.15) is 35.1 Å². The second-order valence-corrected chi connectivity index (χ2v) is 2.31. The molecule has 0 N–H and O–H groups in total. The number of hydrogen-bond acceptors (Lipinski definition) is 0. The average Bonchev–Trinajstić information content (AvgIpc) is 1.80. The highest BCUT2D eigenvalue weighted by Gasteiger charge is 2.56. The summed E-state index contributed by atoms with van der Waals surface area (Å²) >= 11 is 3.55. The molecule has 0 radical (unpaired) electrons. The molecular formula is C4HClF10. The van der Waals surface area contributed by atoms with E-state index in [-0.39, 0.29) is 0 Å². The van der Waals surface area contributed by atoms with Crippen LogP contribution in [0.5, 0.6) is 0 Å². The van der Waals surface area contributed by atoms with Gasteiger partial charge < -0.3 is 0 Å². The van der Waals surface area contributed by atoms with Crippen LogP contribution in [0.15, 0.2) is 0 Å². The van der Waals surface area contributed by atoms with Crippen molar-refractivity contribution in [1.29, 1.82) is 0 Å². The Kier molecular flexibility index (Phi) is 5.76. The van der Waals surface area contributed by atoms with Crippen molar-refractivity contribution < 1.29 is 43.9 Å². The molecule has 0 spiro atoms. The quantitative estimate of drug-likeness (QED) is 0.459. The molecule has 0 aliphatic heterocycles. The van der Waals surface area contributed by atoms with Gasteiger partial charge in [0.1, 0.15) is 0 Å². The van der Waals surface area contributed by atoms with Crippen LogP contribution in [-0.4, -0.2) is 24.2 Å². The lowest BCUT2D eigenvalue weighted by Gasteiger charge is -2.10. The Hall–Kier alpha value is -0.410. The number of rotatable bonds is 0. The summed E-state index contributed by atoms with van der Waals surface area (Å²) in [5, 5.41) is -5.09. The minimum Gasteiger partial charge on any atom is -0.200 e. The molecule has 0 aliphatic rings. The highest BCUT2D eigenvalue weighted by atomic mass is 35.5. The van der Waals surface area contributed by atoms with Gasteiger partial charge >= 0.3 is 24.2 Å². The molecule has 0 amide bonds. The summed E-state index contributed by atoms with van der Waals surface area (Å²) in [6.07, 6.45) is -15.2. The molecule has 0 heterocycles. The Bertz CT molecular complexity index is 159. The molecule has 0 saturated heterocycles. The highest BCUT2D eigenvalue weighted by molar-refractivity contribution is 6.22. The molecule has 0 aliphatic carbocycles. The molecule has 0 fully saturated rings. The van der Waals surface area contributed by atoms with Crippen LogP contribution in [0, 0.1) is 0 Å². The summed E-state index contributed by atoms with van der Waals surface area (Å²) in [5.41, 5.74) is 0. The second kappa shape index (κ2) is 5.08. The Morgan fingerprint density at radius 3 is 0.867 bits per heavy atom. The predicted octanol–water partition coefficient (Wildman–Crippen LogP) is 4.19. The summed E-state index contributed by atoms with van der Waals surface area (Å²) in [5.74, 6) is 0. The van der Waals surface area contributed by atoms with Crippen LogP contribution in [0.1, 0.15) is 0 Å². The van der Waals surface area contributed by atoms with Gasteiger partial charge in [-0.05, 0) is 11.6 Å². The van der Waals surface area contributed by atoms with E-state index in [9.17, 15) is 43.9 Å². The maximum atomic E-state index is 10.9. The van der Waals surface area contributed by atoms with Crippen LogP contribution < -0.4 is 0 Å². The maximum absolute atomic E-state index is 10.9. The third kappa shape index (κ3) is 8.58. The predicted molar refractivity (Wildman–Crippen MR) is 28.9 cm³/mol. The third-order valence-electron chi connectivity index (χ3n) is 0.569. The van der Waals surface area contributed by atoms with Crippen molar-refractivity contribution in [3.05, 3.63) is 0 Å². The lowest BCUT2D eigenvalue weighted by molar-refractivity contribution is -0.241. The third-order valence-corrected chi connectivity index (χ3v) is 0.783. The van der Waals surface area contributed by atoms with E-state index in [1.807, 2.05) is 0 Å². The number of halogens is 11. The van der Waals surface area contributed by atoms with Crippen LogP contribution in [0.4, 0.5) is 43.9 Å². The van der Waals surface area contributed by atoms with Gasteiger partial charge in [0.15, 0.2) is 0 Å². The van der Waals surface area contributed by atoms with Crippen molar-refractivity contribution >= 4 is 11.6 Å². The van der Waals surface area contributed by atoms with Crippen molar-refractivity contribution in [2.75, 3.05) is 0 Å². The van der Waals surface area contributed by atoms with Gasteiger partial charge in [0.25, 0.3) is 0 Å². The average molecular weight is 274 g/mol. The molecule has 15 heavy (non-hydrogen) atoms. The molecule has 0 atom stereocenters. The molecule has 0 unspecified atom stereocenters. The topological polar surface area (TPSA) is 0 Å². The van der Waals surface area contributed by atoms with E-state index < -0.39 is 24.2 Å². The molecule has 0 saturated carbocycles. The fraction of sp³-hybridized carbons (Fsp3) is 1.00. The molecule has 0 nitrogen and oxygen atoms in total. The Labute approximate surface area is 80.8 Å². The van der Waals surface area contributed by atoms with E-state index in [0.29, 0.717) is 0 Å². The zero-order chi connectivity index (χ0) is 13.1. The van der Waals surface area contributed by atoms with E-state index in [1.165, 1.54) is 0 Å². The standard InChI is InChI=1S/C2ClF5.C2HF5/c3-1(4,5)2(6,7)8;3-1(4)2(5,6)7/h;1H. The van der Waals surface area contributed by atoms with Gasteiger partial charge in [-0.1, -0.05) is 0 Å². The van der Waals surface area contributed by atoms with Gasteiger partial charge in [0.05, 0.1) is 0 Å². The van der Waals surface area contributed by atoms with Gasteiger partial charge in [0.2, 0.25) is 0 Å². The summed E-state index contributed by atoms with van der Waals surface area (Å²) in [6, 6.07) is 0. The zero-order valence-corrected chi connectivity index (χ0v) is 6.99. The summed E-state index contributed by atoms with van der Waals surface area (Å²) in [6.45, 7) is 0. The van der Waals surface area contributed by atoms with Crippen molar-refractivity contribution in [3.63, 3.8) is 0 Å². The van der Waals surface area contributed by atoms with Crippen molar-refractivity contribution in [3.8, 4) is 0 Å². The zero-order valence-electron chi connectivity index (χ0n) is 6.23. The number of alkyl halides is 11. The molecular weight excluding hydrogens is 273 g/mol. The first kappa shape index (κ1) is 17.0. The minimum absolute atomic E-state index is 3.55. The van der Waals surface area contributed by atoms with Gasteiger partial charge in [-0.15, -0.1) is 0 Å². The van der Waals surface area contributed by atoms with Crippen LogP contribution in [-0.2, 0) is 0 Å². The first-order chi connectivity index (χ1) is 6.19. The molecule has 0 aromatic rings. The Balaban J connectivity index is 0. The van der Waals surface area contributed by atoms with E-state index in [0.717, 1.165) is 0 Å². The van der Waals surface area contributed by atoms with Crippen molar-refractivity contribution in [1.82, 2.24) is 0 Å². The second-order valence-electron chi connectivity index (χ2n) is 1.84. The highest BCUT2D eigenvalue weighted by Crippen LogP contribution is 2.38. The largest absolute Gasteiger partial charge is 0.469 e. The van der Waals surface area contributed by atoms with Gasteiger partial charge in [0, 0.05) is 0 Å². The summed E-state index contributed by atoms with van der Waals surface area (Å²) < 4.78 is 106. The fourth-order valence-corrected chi connectivity index (χ4v) is 0. The van der Waals surface area contributed by atoms with Crippen LogP contribution in [0.2, 0.25) is 0 Å². The fourth-order valence-electron chi connectivity index (χ4n) is 0. The molecule has 0 aromatic carbocycles. The summed E-state index contributed by atoms with van der Waals surface area (Å²) in [4.78, 5) is 0. The van der Waals surface area contributed by atoms with E-state index >= 15 is 0 Å². The lowest BCUT2D eigenvalue weighted by atomic mass is 10.7. The SMILES string of the molecule is FC(F)(F)C(F)(F)Cl.FC(F)C(F)(F)F. The Morgan fingerprint density at radius 2 is 0.867 bits per heavy atom. The minimum atomic E-state index is -5.63. The van der Waals surface area contributed by atoms with Gasteiger partial charge in [-0.3, -0.25) is 0 Å². The van der Waals surface area contributed by atoms with E-state index in [1.54, 1.807) is 0 Å². The molecule has 94 valence electrons. The Morgan fingerprint density at radius 1 is 0.733 bits per heavy atom. The van der Waals surface area contributed by atoms with Crippen LogP contribution >= 0.6 is 11.6 Å². The smallest absolute Gasteiger partial charge is 0.200 e. The van der Waals surface area contributed by atoms with Gasteiger partial charge in [-0.25, -0.2) is 8.78 Å². The lowest BCUT2D eigenvalue weighted by Crippen LogP contribution is -2.29. The molecule has 0 bridgehead atoms. The molecule has 11 heteroatoms. The molecule has 0 rings (SSSR count). The van der Waals surface area contributed by atoms with E-state index in [4.69, 9.17) is 0 Å². The van der Waals surface area contributed by atoms with Crippen LogP contribution in [0.25, 0.3) is 0 Å².